The van der Waals surface area contributed by atoms with Crippen molar-refractivity contribution in [1.29, 1.82) is 0 Å². The number of likely N-dealkylation sites (tertiary alicyclic amines) is 1. The molecule has 3 aliphatic rings. The van der Waals surface area contributed by atoms with Gasteiger partial charge in [0.2, 0.25) is 5.95 Å². The molecule has 0 radical (unpaired) electrons. The zero-order chi connectivity index (χ0) is 19.6. The first-order valence-electron chi connectivity index (χ1n) is 11.5. The van der Waals surface area contributed by atoms with Crippen molar-refractivity contribution in [3.05, 3.63) is 47.2 Å². The van der Waals surface area contributed by atoms with E-state index in [4.69, 9.17) is 10.7 Å². The number of rotatable bonds is 4. The van der Waals surface area contributed by atoms with Gasteiger partial charge in [-0.25, -0.2) is 4.98 Å². The van der Waals surface area contributed by atoms with E-state index in [2.05, 4.69) is 45.5 Å². The SMILES string of the molecule is Nc1nc(N[C@H]2CC[C@H](N3CCCC3)CC2)c2c(n1)C(c1ccccc1)CCC2. The average Bonchev–Trinajstić information content (AvgIpc) is 3.29. The lowest BCUT2D eigenvalue weighted by Gasteiger charge is -2.35. The smallest absolute Gasteiger partial charge is 0.222 e. The predicted molar refractivity (Wildman–Crippen MR) is 118 cm³/mol. The molecule has 1 aromatic heterocycles. The number of nitrogens with zero attached hydrogens (tertiary/aromatic N) is 3. The van der Waals surface area contributed by atoms with Gasteiger partial charge >= 0.3 is 0 Å². The molecule has 154 valence electrons. The molecule has 0 bridgehead atoms. The molecular formula is C24H33N5. The van der Waals surface area contributed by atoms with Crippen LogP contribution in [0.5, 0.6) is 0 Å². The third kappa shape index (κ3) is 3.97. The Bertz CT molecular complexity index is 823. The van der Waals surface area contributed by atoms with E-state index in [9.17, 15) is 0 Å². The van der Waals surface area contributed by atoms with E-state index in [-0.39, 0.29) is 0 Å². The van der Waals surface area contributed by atoms with Crippen molar-refractivity contribution in [3.8, 4) is 0 Å². The van der Waals surface area contributed by atoms with Gasteiger partial charge in [0, 0.05) is 23.6 Å². The summed E-state index contributed by atoms with van der Waals surface area (Å²) in [4.78, 5) is 12.1. The van der Waals surface area contributed by atoms with Gasteiger partial charge in [-0.3, -0.25) is 0 Å². The van der Waals surface area contributed by atoms with Gasteiger partial charge in [0.25, 0.3) is 0 Å². The van der Waals surface area contributed by atoms with Crippen molar-refractivity contribution in [2.45, 2.75) is 75.8 Å². The van der Waals surface area contributed by atoms with Crippen LogP contribution in [0.4, 0.5) is 11.8 Å². The minimum Gasteiger partial charge on any atom is -0.368 e. The Labute approximate surface area is 174 Å². The van der Waals surface area contributed by atoms with E-state index in [1.54, 1.807) is 0 Å². The van der Waals surface area contributed by atoms with Crippen LogP contribution in [-0.2, 0) is 6.42 Å². The van der Waals surface area contributed by atoms with Gasteiger partial charge in [-0.15, -0.1) is 0 Å². The Balaban J connectivity index is 1.33. The normalized spacial score (nSPS) is 27.5. The van der Waals surface area contributed by atoms with Crippen molar-refractivity contribution in [3.63, 3.8) is 0 Å². The zero-order valence-corrected chi connectivity index (χ0v) is 17.3. The lowest BCUT2D eigenvalue weighted by Crippen LogP contribution is -2.39. The fourth-order valence-corrected chi connectivity index (χ4v) is 5.69. The third-order valence-electron chi connectivity index (χ3n) is 7.20. The molecule has 2 heterocycles. The van der Waals surface area contributed by atoms with E-state index in [0.717, 1.165) is 30.4 Å². The first-order chi connectivity index (χ1) is 14.3. The van der Waals surface area contributed by atoms with Gasteiger partial charge in [-0.2, -0.15) is 4.98 Å². The van der Waals surface area contributed by atoms with Gasteiger partial charge in [0.15, 0.2) is 0 Å². The highest BCUT2D eigenvalue weighted by atomic mass is 15.2. The number of nitrogens with one attached hydrogen (secondary N) is 1. The molecule has 5 nitrogen and oxygen atoms in total. The molecule has 1 atom stereocenters. The standard InChI is InChI=1S/C24H33N5/c25-24-27-22-20(17-7-2-1-3-8-17)9-6-10-21(22)23(28-24)26-18-11-13-19(14-12-18)29-15-4-5-16-29/h1-3,7-8,18-20H,4-6,9-16H2,(H3,25,26,27,28)/t18-,19-,20?. The van der Waals surface area contributed by atoms with E-state index >= 15 is 0 Å². The molecule has 5 rings (SSSR count). The van der Waals surface area contributed by atoms with Crippen molar-refractivity contribution in [2.24, 2.45) is 0 Å². The lowest BCUT2D eigenvalue weighted by atomic mass is 9.82. The number of benzene rings is 1. The second kappa shape index (κ2) is 8.31. The number of anilines is 2. The summed E-state index contributed by atoms with van der Waals surface area (Å²) in [6, 6.07) is 12.0. The maximum atomic E-state index is 6.16. The van der Waals surface area contributed by atoms with Crippen LogP contribution in [0, 0.1) is 0 Å². The molecule has 3 N–H and O–H groups in total. The molecule has 5 heteroatoms. The van der Waals surface area contributed by atoms with Crippen molar-refractivity contribution in [2.75, 3.05) is 24.1 Å². The number of nitrogens with two attached hydrogens (primary N) is 1. The van der Waals surface area contributed by atoms with Gasteiger partial charge in [0.05, 0.1) is 5.69 Å². The van der Waals surface area contributed by atoms with Gasteiger partial charge in [-0.1, -0.05) is 30.3 Å². The molecule has 2 aromatic rings. The summed E-state index contributed by atoms with van der Waals surface area (Å²) in [5.41, 5.74) is 9.94. The predicted octanol–water partition coefficient (Wildman–Crippen LogP) is 4.35. The van der Waals surface area contributed by atoms with Crippen LogP contribution >= 0.6 is 0 Å². The Morgan fingerprint density at radius 2 is 1.66 bits per heavy atom. The Morgan fingerprint density at radius 1 is 0.897 bits per heavy atom. The third-order valence-corrected chi connectivity index (χ3v) is 7.20. The van der Waals surface area contributed by atoms with E-state index in [0.29, 0.717) is 17.9 Å². The molecule has 1 unspecified atom stereocenters. The number of hydrogen-bond donors (Lipinski definition) is 2. The monoisotopic (exact) mass is 391 g/mol. The molecule has 0 spiro atoms. The summed E-state index contributed by atoms with van der Waals surface area (Å²) < 4.78 is 0. The molecule has 0 amide bonds. The maximum absolute atomic E-state index is 6.16. The average molecular weight is 392 g/mol. The number of nitrogen functional groups attached to an aromatic ring is 1. The van der Waals surface area contributed by atoms with Gasteiger partial charge < -0.3 is 16.0 Å². The topological polar surface area (TPSA) is 67.1 Å². The van der Waals surface area contributed by atoms with Crippen LogP contribution in [0.2, 0.25) is 0 Å². The summed E-state index contributed by atoms with van der Waals surface area (Å²) in [7, 11) is 0. The highest BCUT2D eigenvalue weighted by Crippen LogP contribution is 2.39. The second-order valence-corrected chi connectivity index (χ2v) is 9.04. The fraction of sp³-hybridized carbons (Fsp3) is 0.583. The summed E-state index contributed by atoms with van der Waals surface area (Å²) in [5, 5.41) is 3.78. The Kier molecular flexibility index (Phi) is 5.40. The molecule has 2 fully saturated rings. The van der Waals surface area contributed by atoms with Gasteiger partial charge in [0.1, 0.15) is 5.82 Å². The first-order valence-corrected chi connectivity index (χ1v) is 11.5. The molecule has 29 heavy (non-hydrogen) atoms. The summed E-state index contributed by atoms with van der Waals surface area (Å²) in [6.45, 7) is 2.61. The minimum absolute atomic E-state index is 0.330. The van der Waals surface area contributed by atoms with E-state index in [1.807, 2.05) is 0 Å². The zero-order valence-electron chi connectivity index (χ0n) is 17.3. The van der Waals surface area contributed by atoms with Crippen molar-refractivity contribution in [1.82, 2.24) is 14.9 Å². The van der Waals surface area contributed by atoms with Crippen LogP contribution in [-0.4, -0.2) is 40.0 Å². The molecule has 2 aliphatic carbocycles. The number of fused-ring (bicyclic) bond motifs is 1. The molecule has 1 aromatic carbocycles. The van der Waals surface area contributed by atoms with E-state index in [1.165, 1.54) is 69.2 Å². The quantitative estimate of drug-likeness (QED) is 0.811. The fourth-order valence-electron chi connectivity index (χ4n) is 5.69. The lowest BCUT2D eigenvalue weighted by molar-refractivity contribution is 0.186. The van der Waals surface area contributed by atoms with Crippen molar-refractivity contribution >= 4 is 11.8 Å². The summed E-state index contributed by atoms with van der Waals surface area (Å²) in [5.74, 6) is 1.73. The Morgan fingerprint density at radius 3 is 2.41 bits per heavy atom. The van der Waals surface area contributed by atoms with E-state index < -0.39 is 0 Å². The molecular weight excluding hydrogens is 358 g/mol. The van der Waals surface area contributed by atoms with Crippen LogP contribution in [0.15, 0.2) is 30.3 Å². The molecule has 1 saturated carbocycles. The highest BCUT2D eigenvalue weighted by molar-refractivity contribution is 5.54. The number of aromatic nitrogens is 2. The van der Waals surface area contributed by atoms with Crippen LogP contribution in [0.25, 0.3) is 0 Å². The number of hydrogen-bond acceptors (Lipinski definition) is 5. The Hall–Kier alpha value is -2.14. The summed E-state index contributed by atoms with van der Waals surface area (Å²) in [6.07, 6.45) is 11.2. The van der Waals surface area contributed by atoms with Gasteiger partial charge in [-0.05, 0) is 76.4 Å². The van der Waals surface area contributed by atoms with Crippen LogP contribution in [0.3, 0.4) is 0 Å². The highest BCUT2D eigenvalue weighted by Gasteiger charge is 2.30. The largest absolute Gasteiger partial charge is 0.368 e. The molecule has 1 saturated heterocycles. The van der Waals surface area contributed by atoms with Crippen LogP contribution in [0.1, 0.15) is 74.1 Å². The minimum atomic E-state index is 0.330. The van der Waals surface area contributed by atoms with Crippen LogP contribution < -0.4 is 11.1 Å². The maximum Gasteiger partial charge on any atom is 0.222 e. The second-order valence-electron chi connectivity index (χ2n) is 9.04. The summed E-state index contributed by atoms with van der Waals surface area (Å²) >= 11 is 0. The molecule has 1 aliphatic heterocycles. The van der Waals surface area contributed by atoms with Crippen molar-refractivity contribution < 1.29 is 0 Å². The first kappa shape index (κ1) is 18.9.